The molecule has 3 unspecified atom stereocenters. The maximum absolute atomic E-state index is 12.7. The number of carbonyl (C=O) groups is 1. The standard InChI is InChI=1S/C17H25N3O2/c1-11-6-7-12(9-19-11)10-20-15(21)17(18)13-5-4-8-22-14(13)16(17,2)3/h6-7,9,13-14H,4-5,8,10,18H2,1-3H3,(H,20,21). The fraction of sp³-hybridized carbons (Fsp3) is 0.647. The molecule has 1 aliphatic carbocycles. The van der Waals surface area contributed by atoms with Crippen molar-refractivity contribution in [3.05, 3.63) is 29.6 Å². The van der Waals surface area contributed by atoms with Gasteiger partial charge in [0.15, 0.2) is 0 Å². The van der Waals surface area contributed by atoms with Crippen LogP contribution in [0.15, 0.2) is 18.3 Å². The first-order valence-electron chi connectivity index (χ1n) is 7.97. The number of carbonyl (C=O) groups excluding carboxylic acids is 1. The Morgan fingerprint density at radius 2 is 2.27 bits per heavy atom. The van der Waals surface area contributed by atoms with Gasteiger partial charge in [0.25, 0.3) is 0 Å². The summed E-state index contributed by atoms with van der Waals surface area (Å²) < 4.78 is 5.84. The van der Waals surface area contributed by atoms with Crippen molar-refractivity contribution in [3.63, 3.8) is 0 Å². The second-order valence-electron chi connectivity index (χ2n) is 7.12. The van der Waals surface area contributed by atoms with Gasteiger partial charge in [-0.25, -0.2) is 0 Å². The third-order valence-electron chi connectivity index (χ3n) is 5.49. The van der Waals surface area contributed by atoms with Gasteiger partial charge in [0.1, 0.15) is 5.54 Å². The van der Waals surface area contributed by atoms with Crippen molar-refractivity contribution in [1.82, 2.24) is 10.3 Å². The van der Waals surface area contributed by atoms with E-state index in [0.29, 0.717) is 6.54 Å². The molecular weight excluding hydrogens is 278 g/mol. The molecular formula is C17H25N3O2. The molecule has 3 rings (SSSR count). The summed E-state index contributed by atoms with van der Waals surface area (Å²) in [6, 6.07) is 3.92. The highest BCUT2D eigenvalue weighted by Gasteiger charge is 2.70. The zero-order chi connectivity index (χ0) is 16.0. The van der Waals surface area contributed by atoms with E-state index in [1.807, 2.05) is 32.9 Å². The lowest BCUT2D eigenvalue weighted by Crippen LogP contribution is -2.82. The van der Waals surface area contributed by atoms with Crippen LogP contribution in [0.25, 0.3) is 0 Å². The number of rotatable bonds is 3. The first-order chi connectivity index (χ1) is 10.4. The Hall–Kier alpha value is -1.46. The van der Waals surface area contributed by atoms with Crippen LogP contribution in [-0.2, 0) is 16.1 Å². The van der Waals surface area contributed by atoms with Gasteiger partial charge in [0.2, 0.25) is 5.91 Å². The normalized spacial score (nSPS) is 32.7. The first kappa shape index (κ1) is 15.4. The van der Waals surface area contributed by atoms with Crippen LogP contribution < -0.4 is 11.1 Å². The molecule has 0 radical (unpaired) electrons. The predicted octanol–water partition coefficient (Wildman–Crippen LogP) is 1.54. The molecule has 5 nitrogen and oxygen atoms in total. The smallest absolute Gasteiger partial charge is 0.241 e. The quantitative estimate of drug-likeness (QED) is 0.888. The molecule has 0 aromatic carbocycles. The minimum atomic E-state index is -0.851. The van der Waals surface area contributed by atoms with Crippen molar-refractivity contribution in [3.8, 4) is 0 Å². The molecule has 2 fully saturated rings. The predicted molar refractivity (Wildman–Crippen MR) is 84.0 cm³/mol. The van der Waals surface area contributed by atoms with Gasteiger partial charge in [-0.05, 0) is 31.4 Å². The summed E-state index contributed by atoms with van der Waals surface area (Å²) in [4.78, 5) is 17.0. The number of ether oxygens (including phenoxy) is 1. The summed E-state index contributed by atoms with van der Waals surface area (Å²) in [7, 11) is 0. The molecule has 120 valence electrons. The number of aryl methyl sites for hydroxylation is 1. The van der Waals surface area contributed by atoms with E-state index in [4.69, 9.17) is 10.5 Å². The number of pyridine rings is 1. The lowest BCUT2D eigenvalue weighted by Gasteiger charge is -2.65. The number of amides is 1. The Labute approximate surface area is 131 Å². The number of nitrogens with zero attached hydrogens (tertiary/aromatic N) is 1. The Morgan fingerprint density at radius 3 is 2.95 bits per heavy atom. The van der Waals surface area contributed by atoms with Gasteiger partial charge in [0, 0.05) is 36.4 Å². The van der Waals surface area contributed by atoms with Crippen LogP contribution in [0.5, 0.6) is 0 Å². The van der Waals surface area contributed by atoms with E-state index in [1.165, 1.54) is 0 Å². The second-order valence-corrected chi connectivity index (χ2v) is 7.12. The van der Waals surface area contributed by atoms with Crippen molar-refractivity contribution in [2.45, 2.75) is 51.8 Å². The maximum Gasteiger partial charge on any atom is 0.241 e. The van der Waals surface area contributed by atoms with Crippen LogP contribution in [0.4, 0.5) is 0 Å². The highest BCUT2D eigenvalue weighted by atomic mass is 16.5. The van der Waals surface area contributed by atoms with Crippen molar-refractivity contribution in [2.75, 3.05) is 6.61 Å². The van der Waals surface area contributed by atoms with Crippen LogP contribution >= 0.6 is 0 Å². The van der Waals surface area contributed by atoms with Crippen molar-refractivity contribution in [2.24, 2.45) is 17.1 Å². The van der Waals surface area contributed by atoms with Crippen LogP contribution in [0.3, 0.4) is 0 Å². The SMILES string of the molecule is Cc1ccc(CNC(=O)C2(N)C3CCCOC3C2(C)C)cn1. The Balaban J connectivity index is 1.69. The van der Waals surface area contributed by atoms with Gasteiger partial charge in [0.05, 0.1) is 6.10 Å². The molecule has 2 aliphatic rings. The lowest BCUT2D eigenvalue weighted by molar-refractivity contribution is -0.225. The monoisotopic (exact) mass is 303 g/mol. The van der Waals surface area contributed by atoms with Gasteiger partial charge in [-0.2, -0.15) is 0 Å². The minimum Gasteiger partial charge on any atom is -0.377 e. The summed E-state index contributed by atoms with van der Waals surface area (Å²) >= 11 is 0. The van der Waals surface area contributed by atoms with Gasteiger partial charge < -0.3 is 15.8 Å². The number of nitrogens with two attached hydrogens (primary N) is 1. The zero-order valence-electron chi connectivity index (χ0n) is 13.6. The summed E-state index contributed by atoms with van der Waals surface area (Å²) in [6.07, 6.45) is 3.82. The molecule has 3 N–H and O–H groups in total. The van der Waals surface area contributed by atoms with E-state index >= 15 is 0 Å². The highest BCUT2D eigenvalue weighted by Crippen LogP contribution is 2.57. The molecule has 5 heteroatoms. The minimum absolute atomic E-state index is 0.0789. The molecule has 1 saturated carbocycles. The summed E-state index contributed by atoms with van der Waals surface area (Å²) in [6.45, 7) is 7.24. The van der Waals surface area contributed by atoms with E-state index in [0.717, 1.165) is 30.7 Å². The van der Waals surface area contributed by atoms with Crippen LogP contribution in [0, 0.1) is 18.3 Å². The van der Waals surface area contributed by atoms with Crippen molar-refractivity contribution in [1.29, 1.82) is 0 Å². The van der Waals surface area contributed by atoms with E-state index in [1.54, 1.807) is 6.20 Å². The van der Waals surface area contributed by atoms with E-state index in [-0.39, 0.29) is 23.3 Å². The number of aromatic nitrogens is 1. The molecule has 1 amide bonds. The number of nitrogens with one attached hydrogen (secondary N) is 1. The molecule has 2 heterocycles. The Bertz CT molecular complexity index is 570. The average Bonchev–Trinajstić information content (AvgIpc) is 2.53. The molecule has 22 heavy (non-hydrogen) atoms. The van der Waals surface area contributed by atoms with Crippen LogP contribution in [0.2, 0.25) is 0 Å². The third-order valence-corrected chi connectivity index (χ3v) is 5.49. The molecule has 1 aliphatic heterocycles. The fourth-order valence-corrected chi connectivity index (χ4v) is 3.97. The summed E-state index contributed by atoms with van der Waals surface area (Å²) in [5, 5.41) is 2.99. The first-order valence-corrected chi connectivity index (χ1v) is 7.97. The third kappa shape index (κ3) is 2.15. The van der Waals surface area contributed by atoms with Gasteiger partial charge in [-0.15, -0.1) is 0 Å². The lowest BCUT2D eigenvalue weighted by atomic mass is 9.46. The molecule has 1 aromatic heterocycles. The molecule has 0 bridgehead atoms. The topological polar surface area (TPSA) is 77.2 Å². The number of hydrogen-bond acceptors (Lipinski definition) is 4. The van der Waals surface area contributed by atoms with Gasteiger partial charge >= 0.3 is 0 Å². The number of fused-ring (bicyclic) bond motifs is 1. The van der Waals surface area contributed by atoms with E-state index < -0.39 is 5.54 Å². The molecule has 3 atom stereocenters. The van der Waals surface area contributed by atoms with E-state index in [9.17, 15) is 4.79 Å². The maximum atomic E-state index is 12.7. The second kappa shape index (κ2) is 5.32. The molecule has 1 saturated heterocycles. The van der Waals surface area contributed by atoms with Crippen molar-refractivity contribution >= 4 is 5.91 Å². The average molecular weight is 303 g/mol. The largest absolute Gasteiger partial charge is 0.377 e. The molecule has 0 spiro atoms. The highest BCUT2D eigenvalue weighted by molar-refractivity contribution is 5.89. The van der Waals surface area contributed by atoms with Crippen molar-refractivity contribution < 1.29 is 9.53 Å². The van der Waals surface area contributed by atoms with Crippen LogP contribution in [0.1, 0.15) is 37.9 Å². The zero-order valence-corrected chi connectivity index (χ0v) is 13.6. The Morgan fingerprint density at radius 1 is 1.50 bits per heavy atom. The number of hydrogen-bond donors (Lipinski definition) is 2. The van der Waals surface area contributed by atoms with Crippen LogP contribution in [-0.4, -0.2) is 29.1 Å². The van der Waals surface area contributed by atoms with Gasteiger partial charge in [-0.1, -0.05) is 19.9 Å². The van der Waals surface area contributed by atoms with Gasteiger partial charge in [-0.3, -0.25) is 9.78 Å². The summed E-state index contributed by atoms with van der Waals surface area (Å²) in [5.74, 6) is 0.0391. The Kier molecular flexibility index (Phi) is 3.73. The fourth-order valence-electron chi connectivity index (χ4n) is 3.97. The summed E-state index contributed by atoms with van der Waals surface area (Å²) in [5.41, 5.74) is 7.32. The van der Waals surface area contributed by atoms with E-state index in [2.05, 4.69) is 10.3 Å². The molecule has 1 aromatic rings.